The average Bonchev–Trinajstić information content (AvgIpc) is 3.02. The first-order valence-electron chi connectivity index (χ1n) is 21.1. The van der Waals surface area contributed by atoms with Crippen molar-refractivity contribution in [2.45, 2.75) is 246 Å². The molecule has 1 nitrogen and oxygen atoms in total. The molecule has 0 amide bonds. The Balaban J connectivity index is 4.68. The monoisotopic (exact) mass is 607 g/mol. The second-order valence-corrected chi connectivity index (χ2v) is 14.8. The molecule has 260 valence electrons. The molecular formula is C42H88N+. The van der Waals surface area contributed by atoms with E-state index >= 15 is 0 Å². The lowest BCUT2D eigenvalue weighted by Gasteiger charge is -2.40. The highest BCUT2D eigenvalue weighted by Crippen LogP contribution is 2.21. The molecule has 0 fully saturated rings. The van der Waals surface area contributed by atoms with Gasteiger partial charge in [-0.1, -0.05) is 195 Å². The summed E-state index contributed by atoms with van der Waals surface area (Å²) in [5.74, 6) is 0. The molecule has 0 aromatic rings. The van der Waals surface area contributed by atoms with Crippen molar-refractivity contribution in [1.29, 1.82) is 0 Å². The van der Waals surface area contributed by atoms with Crippen LogP contribution in [0.2, 0.25) is 0 Å². The lowest BCUT2D eigenvalue weighted by atomic mass is 10.0. The molecule has 0 heterocycles. The molecule has 0 unspecified atom stereocenters. The highest BCUT2D eigenvalue weighted by Gasteiger charge is 2.25. The van der Waals surface area contributed by atoms with Crippen molar-refractivity contribution in [3.8, 4) is 0 Å². The van der Waals surface area contributed by atoms with Crippen LogP contribution in [-0.2, 0) is 0 Å². The molecule has 43 heavy (non-hydrogen) atoms. The van der Waals surface area contributed by atoms with E-state index in [1.165, 1.54) is 249 Å². The van der Waals surface area contributed by atoms with Gasteiger partial charge in [-0.25, -0.2) is 0 Å². The zero-order valence-electron chi connectivity index (χ0n) is 31.3. The molecule has 0 radical (unpaired) electrons. The van der Waals surface area contributed by atoms with Crippen LogP contribution in [0.25, 0.3) is 0 Å². The predicted octanol–water partition coefficient (Wildman–Crippen LogP) is 15.1. The molecule has 1 heteroatoms. The summed E-state index contributed by atoms with van der Waals surface area (Å²) in [4.78, 5) is 0. The van der Waals surface area contributed by atoms with Gasteiger partial charge in [0.05, 0.1) is 26.2 Å². The SMILES string of the molecule is CCCCCCCCCCCCCCC[N+](CCCCCCCCC)(CCCCCCCCC)CCCCCCCCC. The minimum Gasteiger partial charge on any atom is -0.324 e. The van der Waals surface area contributed by atoms with E-state index < -0.39 is 0 Å². The molecule has 0 saturated carbocycles. The predicted molar refractivity (Wildman–Crippen MR) is 199 cm³/mol. The van der Waals surface area contributed by atoms with Crippen LogP contribution in [-0.4, -0.2) is 30.7 Å². The summed E-state index contributed by atoms with van der Waals surface area (Å²) >= 11 is 0. The summed E-state index contributed by atoms with van der Waals surface area (Å²) in [6, 6.07) is 0. The summed E-state index contributed by atoms with van der Waals surface area (Å²) in [6.45, 7) is 15.3. The van der Waals surface area contributed by atoms with Gasteiger partial charge in [0.2, 0.25) is 0 Å². The van der Waals surface area contributed by atoms with Crippen LogP contribution < -0.4 is 0 Å². The second-order valence-electron chi connectivity index (χ2n) is 14.8. The quantitative estimate of drug-likeness (QED) is 0.0484. The van der Waals surface area contributed by atoms with E-state index in [1.54, 1.807) is 0 Å². The lowest BCUT2D eigenvalue weighted by molar-refractivity contribution is -0.929. The highest BCUT2D eigenvalue weighted by atomic mass is 15.3. The average molecular weight is 607 g/mol. The molecule has 0 N–H and O–H groups in total. The summed E-state index contributed by atoms with van der Waals surface area (Å²) in [5.41, 5.74) is 0. The van der Waals surface area contributed by atoms with Crippen LogP contribution in [0, 0.1) is 0 Å². The Labute approximate surface area is 276 Å². The van der Waals surface area contributed by atoms with Crippen molar-refractivity contribution < 1.29 is 4.48 Å². The van der Waals surface area contributed by atoms with Crippen molar-refractivity contribution in [1.82, 2.24) is 0 Å². The lowest BCUT2D eigenvalue weighted by Crippen LogP contribution is -2.50. The highest BCUT2D eigenvalue weighted by molar-refractivity contribution is 4.56. The third kappa shape index (κ3) is 31.7. The van der Waals surface area contributed by atoms with Gasteiger partial charge in [-0.05, 0) is 51.4 Å². The second kappa shape index (κ2) is 36.4. The van der Waals surface area contributed by atoms with E-state index in [-0.39, 0.29) is 0 Å². The van der Waals surface area contributed by atoms with Crippen LogP contribution in [0.4, 0.5) is 0 Å². The molecule has 0 aromatic heterocycles. The molecule has 0 aliphatic carbocycles. The molecule has 0 saturated heterocycles. The fourth-order valence-electron chi connectivity index (χ4n) is 7.35. The number of nitrogens with zero attached hydrogens (tertiary/aromatic N) is 1. The Hall–Kier alpha value is -0.0400. The number of rotatable bonds is 38. The van der Waals surface area contributed by atoms with Gasteiger partial charge in [0, 0.05) is 0 Å². The fourth-order valence-corrected chi connectivity index (χ4v) is 7.35. The molecule has 0 aliphatic heterocycles. The number of hydrogen-bond donors (Lipinski definition) is 0. The summed E-state index contributed by atoms with van der Waals surface area (Å²) < 4.78 is 1.48. The number of hydrogen-bond acceptors (Lipinski definition) is 0. The maximum Gasteiger partial charge on any atom is 0.0786 e. The van der Waals surface area contributed by atoms with Gasteiger partial charge < -0.3 is 4.48 Å². The normalized spacial score (nSPS) is 12.0. The van der Waals surface area contributed by atoms with Crippen molar-refractivity contribution in [3.05, 3.63) is 0 Å². The fraction of sp³-hybridized carbons (Fsp3) is 1.00. The third-order valence-corrected chi connectivity index (χ3v) is 10.4. The molecule has 0 atom stereocenters. The Kier molecular flexibility index (Phi) is 36.4. The van der Waals surface area contributed by atoms with E-state index in [2.05, 4.69) is 27.7 Å². The molecule has 0 spiro atoms. The van der Waals surface area contributed by atoms with E-state index in [0.29, 0.717) is 0 Å². The van der Waals surface area contributed by atoms with E-state index in [9.17, 15) is 0 Å². The molecular weight excluding hydrogens is 518 g/mol. The largest absolute Gasteiger partial charge is 0.324 e. The molecule has 0 aliphatic rings. The minimum absolute atomic E-state index is 1.37. The topological polar surface area (TPSA) is 0 Å². The van der Waals surface area contributed by atoms with Crippen molar-refractivity contribution in [3.63, 3.8) is 0 Å². The summed E-state index contributed by atoms with van der Waals surface area (Å²) in [5, 5.41) is 0. The van der Waals surface area contributed by atoms with Crippen molar-refractivity contribution in [2.75, 3.05) is 26.2 Å². The van der Waals surface area contributed by atoms with E-state index in [1.807, 2.05) is 0 Å². The van der Waals surface area contributed by atoms with Crippen LogP contribution >= 0.6 is 0 Å². The van der Waals surface area contributed by atoms with Crippen LogP contribution in [0.15, 0.2) is 0 Å². The first-order chi connectivity index (χ1) is 21.2. The van der Waals surface area contributed by atoms with Gasteiger partial charge in [0.1, 0.15) is 0 Å². The van der Waals surface area contributed by atoms with Crippen LogP contribution in [0.5, 0.6) is 0 Å². The van der Waals surface area contributed by atoms with Crippen molar-refractivity contribution >= 4 is 0 Å². The third-order valence-electron chi connectivity index (χ3n) is 10.4. The molecule has 0 aromatic carbocycles. The summed E-state index contributed by atoms with van der Waals surface area (Å²) in [7, 11) is 0. The molecule has 0 rings (SSSR count). The van der Waals surface area contributed by atoms with Gasteiger partial charge >= 0.3 is 0 Å². The van der Waals surface area contributed by atoms with E-state index in [4.69, 9.17) is 0 Å². The first-order valence-corrected chi connectivity index (χ1v) is 21.1. The van der Waals surface area contributed by atoms with Gasteiger partial charge in [-0.3, -0.25) is 0 Å². The first kappa shape index (κ1) is 43.0. The van der Waals surface area contributed by atoms with Gasteiger partial charge in [0.25, 0.3) is 0 Å². The zero-order valence-corrected chi connectivity index (χ0v) is 31.3. The number of unbranched alkanes of at least 4 members (excludes halogenated alkanes) is 30. The smallest absolute Gasteiger partial charge is 0.0786 e. The number of quaternary nitrogens is 1. The van der Waals surface area contributed by atoms with Gasteiger partial charge in [0.15, 0.2) is 0 Å². The van der Waals surface area contributed by atoms with E-state index in [0.717, 1.165) is 0 Å². The van der Waals surface area contributed by atoms with Crippen LogP contribution in [0.3, 0.4) is 0 Å². The Morgan fingerprint density at radius 3 is 0.488 bits per heavy atom. The Bertz CT molecular complexity index is 440. The maximum atomic E-state index is 2.34. The Morgan fingerprint density at radius 2 is 0.326 bits per heavy atom. The maximum absolute atomic E-state index is 2.34. The standard InChI is InChI=1S/C42H88N/c1-5-9-13-17-21-22-23-24-25-26-30-34-38-42-43(39-35-31-27-18-14-10-6-2,40-36-32-28-19-15-11-7-3)41-37-33-29-20-16-12-8-4/h5-42H2,1-4H3/q+1. The van der Waals surface area contributed by atoms with Crippen LogP contribution in [0.1, 0.15) is 246 Å². The van der Waals surface area contributed by atoms with Crippen molar-refractivity contribution in [2.24, 2.45) is 0 Å². The summed E-state index contributed by atoms with van der Waals surface area (Å²) in [6.07, 6.45) is 49.7. The zero-order chi connectivity index (χ0) is 31.4. The van der Waals surface area contributed by atoms with Gasteiger partial charge in [-0.15, -0.1) is 0 Å². The minimum atomic E-state index is 1.37. The Morgan fingerprint density at radius 1 is 0.186 bits per heavy atom. The van der Waals surface area contributed by atoms with Gasteiger partial charge in [-0.2, -0.15) is 0 Å². The molecule has 0 bridgehead atoms.